The maximum Gasteiger partial charge on any atom is 0.161 e. The van der Waals surface area contributed by atoms with Gasteiger partial charge in [-0.2, -0.15) is 10.4 Å². The van der Waals surface area contributed by atoms with Gasteiger partial charge in [-0.3, -0.25) is 0 Å². The molecule has 0 fully saturated rings. The third-order valence-electron chi connectivity index (χ3n) is 5.24. The Bertz CT molecular complexity index is 1120. The number of nitrogens with zero attached hydrogens (tertiary/aromatic N) is 4. The molecule has 0 aliphatic carbocycles. The Kier molecular flexibility index (Phi) is 4.64. The monoisotopic (exact) mass is 387 g/mol. The van der Waals surface area contributed by atoms with Gasteiger partial charge in [-0.25, -0.2) is 9.67 Å². The first-order chi connectivity index (χ1) is 13.8. The molecule has 6 nitrogen and oxygen atoms in total. The fourth-order valence-corrected chi connectivity index (χ4v) is 3.75. The molecule has 0 saturated heterocycles. The van der Waals surface area contributed by atoms with E-state index in [4.69, 9.17) is 9.72 Å². The van der Waals surface area contributed by atoms with Crippen LogP contribution in [0, 0.1) is 32.1 Å². The summed E-state index contributed by atoms with van der Waals surface area (Å²) in [7, 11) is 0. The highest BCUT2D eigenvalue weighted by molar-refractivity contribution is 5.68. The van der Waals surface area contributed by atoms with Crippen LogP contribution in [0.5, 0.6) is 0 Å². The number of hydrogen-bond donors (Lipinski definition) is 1. The van der Waals surface area contributed by atoms with Crippen LogP contribution in [0.15, 0.2) is 30.3 Å². The van der Waals surface area contributed by atoms with Crippen molar-refractivity contribution in [2.45, 2.75) is 53.2 Å². The lowest BCUT2D eigenvalue weighted by Crippen LogP contribution is -2.33. The van der Waals surface area contributed by atoms with Crippen LogP contribution in [0.3, 0.4) is 0 Å². The van der Waals surface area contributed by atoms with Gasteiger partial charge in [-0.1, -0.05) is 17.7 Å². The second-order valence-corrected chi connectivity index (χ2v) is 8.28. The lowest BCUT2D eigenvalue weighted by Gasteiger charge is -2.33. The van der Waals surface area contributed by atoms with E-state index in [1.165, 1.54) is 5.56 Å². The van der Waals surface area contributed by atoms with Crippen LogP contribution in [-0.4, -0.2) is 20.4 Å². The van der Waals surface area contributed by atoms with Crippen LogP contribution in [0.25, 0.3) is 5.82 Å². The van der Waals surface area contributed by atoms with Crippen LogP contribution in [0.1, 0.15) is 47.5 Å². The molecule has 0 bridgehead atoms. The van der Waals surface area contributed by atoms with Crippen molar-refractivity contribution in [1.82, 2.24) is 14.8 Å². The first-order valence-corrected chi connectivity index (χ1v) is 9.74. The van der Waals surface area contributed by atoms with E-state index < -0.39 is 0 Å². The van der Waals surface area contributed by atoms with Crippen molar-refractivity contribution in [2.24, 2.45) is 0 Å². The zero-order valence-electron chi connectivity index (χ0n) is 17.5. The summed E-state index contributed by atoms with van der Waals surface area (Å²) in [6, 6.07) is 12.5. The highest BCUT2D eigenvalue weighted by Crippen LogP contribution is 2.36. The predicted octanol–water partition coefficient (Wildman–Crippen LogP) is 4.66. The summed E-state index contributed by atoms with van der Waals surface area (Å²) in [5.41, 5.74) is 6.13. The summed E-state index contributed by atoms with van der Waals surface area (Å²) < 4.78 is 7.91. The highest BCUT2D eigenvalue weighted by Gasteiger charge is 2.32. The van der Waals surface area contributed by atoms with Crippen molar-refractivity contribution >= 4 is 11.5 Å². The second-order valence-electron chi connectivity index (χ2n) is 8.28. The number of ether oxygens (including phenoxy) is 1. The van der Waals surface area contributed by atoms with Crippen LogP contribution >= 0.6 is 0 Å². The maximum absolute atomic E-state index is 9.99. The van der Waals surface area contributed by atoms with Gasteiger partial charge in [-0.15, -0.1) is 0 Å². The normalized spacial score (nSPS) is 14.9. The summed E-state index contributed by atoms with van der Waals surface area (Å²) in [6.45, 7) is 10.5. The Morgan fingerprint density at radius 3 is 2.48 bits per heavy atom. The molecule has 0 unspecified atom stereocenters. The van der Waals surface area contributed by atoms with Crippen LogP contribution < -0.4 is 5.32 Å². The van der Waals surface area contributed by atoms with Crippen LogP contribution in [-0.2, 0) is 17.8 Å². The molecule has 0 atom stereocenters. The number of rotatable bonds is 3. The molecule has 148 valence electrons. The molecular weight excluding hydrogens is 362 g/mol. The van der Waals surface area contributed by atoms with Gasteiger partial charge < -0.3 is 10.1 Å². The van der Waals surface area contributed by atoms with E-state index in [1.54, 1.807) is 0 Å². The molecule has 2 aromatic heterocycles. The first-order valence-electron chi connectivity index (χ1n) is 9.74. The van der Waals surface area contributed by atoms with Gasteiger partial charge >= 0.3 is 0 Å². The number of aryl methyl sites for hydroxylation is 3. The summed E-state index contributed by atoms with van der Waals surface area (Å²) >= 11 is 0. The van der Waals surface area contributed by atoms with Gasteiger partial charge in [0.1, 0.15) is 6.07 Å². The number of anilines is 2. The Labute approximate surface area is 171 Å². The first kappa shape index (κ1) is 19.2. The molecule has 1 N–H and O–H groups in total. The van der Waals surface area contributed by atoms with Gasteiger partial charge in [0.2, 0.25) is 0 Å². The van der Waals surface area contributed by atoms with Gasteiger partial charge in [0.05, 0.1) is 23.5 Å². The second kappa shape index (κ2) is 7.02. The summed E-state index contributed by atoms with van der Waals surface area (Å²) in [4.78, 5) is 4.85. The van der Waals surface area contributed by atoms with Crippen molar-refractivity contribution < 1.29 is 4.74 Å². The fraction of sp³-hybridized carbons (Fsp3) is 0.348. The SMILES string of the molecule is Cc1ccc(Nc2nc(-n3nc(C)cc3C)c3c(c2C#N)CC(C)(C)OC3)cc1. The highest BCUT2D eigenvalue weighted by atomic mass is 16.5. The average Bonchev–Trinajstić information content (AvgIpc) is 3.00. The van der Waals surface area contributed by atoms with E-state index in [0.29, 0.717) is 24.4 Å². The molecule has 0 radical (unpaired) electrons. The minimum Gasteiger partial charge on any atom is -0.370 e. The largest absolute Gasteiger partial charge is 0.370 e. The zero-order chi connectivity index (χ0) is 20.8. The molecule has 4 rings (SSSR count). The molecule has 3 heterocycles. The lowest BCUT2D eigenvalue weighted by molar-refractivity contribution is -0.0403. The molecule has 0 spiro atoms. The fourth-order valence-electron chi connectivity index (χ4n) is 3.75. The summed E-state index contributed by atoms with van der Waals surface area (Å²) in [5.74, 6) is 1.27. The Morgan fingerprint density at radius 2 is 1.86 bits per heavy atom. The van der Waals surface area contributed by atoms with Crippen molar-refractivity contribution in [1.29, 1.82) is 5.26 Å². The van der Waals surface area contributed by atoms with E-state index in [2.05, 4.69) is 16.5 Å². The molecule has 6 heteroatoms. The summed E-state index contributed by atoms with van der Waals surface area (Å²) in [6.07, 6.45) is 0.641. The minimum atomic E-state index is -0.340. The van der Waals surface area contributed by atoms with Crippen molar-refractivity contribution in [3.05, 3.63) is 64.0 Å². The van der Waals surface area contributed by atoms with Gasteiger partial charge in [0.25, 0.3) is 0 Å². The summed E-state index contributed by atoms with van der Waals surface area (Å²) in [5, 5.41) is 18.0. The molecule has 29 heavy (non-hydrogen) atoms. The average molecular weight is 387 g/mol. The number of hydrogen-bond acceptors (Lipinski definition) is 5. The van der Waals surface area contributed by atoms with Crippen LogP contribution in [0.4, 0.5) is 11.5 Å². The predicted molar refractivity (Wildman–Crippen MR) is 113 cm³/mol. The molecular formula is C23H25N5O. The van der Waals surface area contributed by atoms with E-state index in [9.17, 15) is 5.26 Å². The third-order valence-corrected chi connectivity index (χ3v) is 5.24. The van der Waals surface area contributed by atoms with E-state index in [0.717, 1.165) is 34.0 Å². The van der Waals surface area contributed by atoms with Gasteiger partial charge in [0, 0.05) is 23.4 Å². The lowest BCUT2D eigenvalue weighted by atomic mass is 9.89. The molecule has 1 aromatic carbocycles. The zero-order valence-corrected chi connectivity index (χ0v) is 17.5. The Morgan fingerprint density at radius 1 is 1.14 bits per heavy atom. The smallest absolute Gasteiger partial charge is 0.161 e. The standard InChI is InChI=1S/C23H25N5O/c1-14-6-8-17(9-7-14)25-21-19(12-24)18-11-23(4,5)29-13-20(18)22(26-21)28-16(3)10-15(2)27-28/h6-10H,11,13H2,1-5H3,(H,25,26). The number of nitriles is 1. The maximum atomic E-state index is 9.99. The van der Waals surface area contributed by atoms with E-state index in [-0.39, 0.29) is 5.60 Å². The minimum absolute atomic E-state index is 0.340. The number of nitrogens with one attached hydrogen (secondary N) is 1. The number of aromatic nitrogens is 3. The van der Waals surface area contributed by atoms with Crippen molar-refractivity contribution in [3.8, 4) is 11.9 Å². The quantitative estimate of drug-likeness (QED) is 0.707. The van der Waals surface area contributed by atoms with Crippen molar-refractivity contribution in [3.63, 3.8) is 0 Å². The van der Waals surface area contributed by atoms with Crippen LogP contribution in [0.2, 0.25) is 0 Å². The number of pyridine rings is 1. The van der Waals surface area contributed by atoms with Crippen molar-refractivity contribution in [2.75, 3.05) is 5.32 Å². The molecule has 0 saturated carbocycles. The number of benzene rings is 1. The third kappa shape index (κ3) is 3.62. The Hall–Kier alpha value is -3.17. The van der Waals surface area contributed by atoms with Gasteiger partial charge in [0.15, 0.2) is 11.6 Å². The molecule has 3 aromatic rings. The topological polar surface area (TPSA) is 75.8 Å². The Balaban J connectivity index is 1.93. The number of fused-ring (bicyclic) bond motifs is 1. The molecule has 1 aliphatic rings. The molecule has 1 aliphatic heterocycles. The van der Waals surface area contributed by atoms with E-state index >= 15 is 0 Å². The van der Waals surface area contributed by atoms with E-state index in [1.807, 2.05) is 69.6 Å². The molecule has 0 amide bonds. The van der Waals surface area contributed by atoms with Gasteiger partial charge in [-0.05, 0) is 58.4 Å².